The van der Waals surface area contributed by atoms with Crippen molar-refractivity contribution in [3.63, 3.8) is 0 Å². The van der Waals surface area contributed by atoms with E-state index in [4.69, 9.17) is 14.3 Å². The van der Waals surface area contributed by atoms with Crippen LogP contribution in [-0.2, 0) is 15.0 Å². The average molecular weight is 337 g/mol. The molecule has 1 fully saturated rings. The summed E-state index contributed by atoms with van der Waals surface area (Å²) in [5.74, 6) is 2.30. The molecule has 1 amide bonds. The van der Waals surface area contributed by atoms with Gasteiger partial charge in [-0.25, -0.2) is 5.48 Å². The summed E-state index contributed by atoms with van der Waals surface area (Å²) in [4.78, 5) is 18.1. The van der Waals surface area contributed by atoms with E-state index in [1.54, 1.807) is 11.8 Å². The molecule has 23 heavy (non-hydrogen) atoms. The maximum Gasteiger partial charge on any atom is 0.254 e. The van der Waals surface area contributed by atoms with E-state index in [0.29, 0.717) is 19.8 Å². The summed E-state index contributed by atoms with van der Waals surface area (Å²) in [5, 5.41) is 0. The molecule has 1 saturated carbocycles. The van der Waals surface area contributed by atoms with Crippen molar-refractivity contribution >= 4 is 17.7 Å². The summed E-state index contributed by atoms with van der Waals surface area (Å²) in [5.41, 5.74) is 3.13. The van der Waals surface area contributed by atoms with Crippen molar-refractivity contribution in [2.24, 2.45) is 0 Å². The van der Waals surface area contributed by atoms with Gasteiger partial charge in [-0.2, -0.15) is 11.8 Å². The molecule has 126 valence electrons. The van der Waals surface area contributed by atoms with Crippen LogP contribution in [0.2, 0.25) is 0 Å². The summed E-state index contributed by atoms with van der Waals surface area (Å²) in [6, 6.07) is 5.85. The third kappa shape index (κ3) is 3.43. The van der Waals surface area contributed by atoms with Gasteiger partial charge in [-0.3, -0.25) is 9.63 Å². The lowest BCUT2D eigenvalue weighted by Crippen LogP contribution is -2.43. The van der Waals surface area contributed by atoms with Gasteiger partial charge < -0.3 is 9.47 Å². The van der Waals surface area contributed by atoms with Gasteiger partial charge >= 0.3 is 0 Å². The molecule has 0 saturated heterocycles. The molecule has 3 rings (SSSR count). The average Bonchev–Trinajstić information content (AvgIpc) is 3.09. The van der Waals surface area contributed by atoms with E-state index in [1.807, 2.05) is 24.5 Å². The minimum Gasteiger partial charge on any atom is -0.486 e. The number of benzene rings is 1. The van der Waals surface area contributed by atoms with Crippen LogP contribution in [0.3, 0.4) is 0 Å². The predicted molar refractivity (Wildman–Crippen MR) is 90.1 cm³/mol. The Labute approximate surface area is 141 Å². The molecule has 6 heteroatoms. The van der Waals surface area contributed by atoms with Gasteiger partial charge in [-0.05, 0) is 36.8 Å². The molecule has 2 aliphatic rings. The Bertz CT molecular complexity index is 558. The van der Waals surface area contributed by atoms with Crippen molar-refractivity contribution < 1.29 is 19.1 Å². The topological polar surface area (TPSA) is 56.8 Å². The normalized spacial score (nSPS) is 18.7. The van der Waals surface area contributed by atoms with Crippen LogP contribution in [0.1, 0.15) is 31.2 Å². The number of hydrogen-bond donors (Lipinski definition) is 1. The van der Waals surface area contributed by atoms with Gasteiger partial charge in [0.2, 0.25) is 0 Å². The first kappa shape index (κ1) is 16.5. The first-order valence-corrected chi connectivity index (χ1v) is 9.47. The summed E-state index contributed by atoms with van der Waals surface area (Å²) in [6.07, 6.45) is 5.78. The highest BCUT2D eigenvalue weighted by atomic mass is 32.2. The third-order valence-electron chi connectivity index (χ3n) is 4.54. The van der Waals surface area contributed by atoms with Crippen LogP contribution in [0.4, 0.5) is 0 Å². The van der Waals surface area contributed by atoms with Crippen LogP contribution in [0.15, 0.2) is 18.2 Å². The van der Waals surface area contributed by atoms with Crippen LogP contribution >= 0.6 is 11.8 Å². The number of thioether (sulfide) groups is 1. The monoisotopic (exact) mass is 337 g/mol. The van der Waals surface area contributed by atoms with E-state index in [-0.39, 0.29) is 5.91 Å². The Hall–Kier alpha value is -1.40. The molecule has 1 N–H and O–H groups in total. The number of carbonyl (C=O) groups is 1. The van der Waals surface area contributed by atoms with E-state index >= 15 is 0 Å². The number of fused-ring (bicyclic) bond motifs is 1. The lowest BCUT2D eigenvalue weighted by molar-refractivity contribution is -0.139. The predicted octanol–water partition coefficient (Wildman–Crippen LogP) is 2.68. The van der Waals surface area contributed by atoms with Crippen LogP contribution < -0.4 is 15.0 Å². The number of amides is 1. The molecular formula is C17H23NO4S. The first-order chi connectivity index (χ1) is 11.3. The fraction of sp³-hybridized carbons (Fsp3) is 0.588. The number of hydroxylamine groups is 1. The van der Waals surface area contributed by atoms with Crippen molar-refractivity contribution in [3.8, 4) is 11.5 Å². The second kappa shape index (κ2) is 7.45. The number of ether oxygens (including phenoxy) is 2. The fourth-order valence-electron chi connectivity index (χ4n) is 3.31. The van der Waals surface area contributed by atoms with E-state index in [9.17, 15) is 4.79 Å². The Morgan fingerprint density at radius 1 is 1.26 bits per heavy atom. The first-order valence-electron chi connectivity index (χ1n) is 8.07. The summed E-state index contributed by atoms with van der Waals surface area (Å²) in [7, 11) is 0. The van der Waals surface area contributed by atoms with Crippen LogP contribution in [0.5, 0.6) is 11.5 Å². The lowest BCUT2D eigenvalue weighted by atomic mass is 9.78. The van der Waals surface area contributed by atoms with Crippen LogP contribution in [0.25, 0.3) is 0 Å². The van der Waals surface area contributed by atoms with Gasteiger partial charge in [0.15, 0.2) is 11.5 Å². The number of carbonyl (C=O) groups excluding carboxylic acids is 1. The highest BCUT2D eigenvalue weighted by molar-refractivity contribution is 7.98. The molecule has 1 aromatic carbocycles. The van der Waals surface area contributed by atoms with Crippen molar-refractivity contribution in [3.05, 3.63) is 23.8 Å². The quantitative estimate of drug-likeness (QED) is 0.639. The molecule has 0 spiro atoms. The van der Waals surface area contributed by atoms with Crippen molar-refractivity contribution in [2.75, 3.05) is 31.8 Å². The van der Waals surface area contributed by atoms with Crippen molar-refractivity contribution in [1.29, 1.82) is 0 Å². The molecule has 0 aromatic heterocycles. The summed E-state index contributed by atoms with van der Waals surface area (Å²) >= 11 is 1.69. The van der Waals surface area contributed by atoms with Crippen molar-refractivity contribution in [2.45, 2.75) is 31.1 Å². The molecule has 0 unspecified atom stereocenters. The third-order valence-corrected chi connectivity index (χ3v) is 5.12. The van der Waals surface area contributed by atoms with Gasteiger partial charge in [-0.15, -0.1) is 0 Å². The smallest absolute Gasteiger partial charge is 0.254 e. The molecule has 1 heterocycles. The molecule has 1 aliphatic carbocycles. The number of nitrogens with one attached hydrogen (secondary N) is 1. The minimum atomic E-state index is -0.519. The second-order valence-electron chi connectivity index (χ2n) is 5.92. The zero-order chi connectivity index (χ0) is 16.1. The molecule has 0 radical (unpaired) electrons. The fourth-order valence-corrected chi connectivity index (χ4v) is 3.56. The Morgan fingerprint density at radius 2 is 2.00 bits per heavy atom. The number of hydrogen-bond acceptors (Lipinski definition) is 5. The molecule has 5 nitrogen and oxygen atoms in total. The van der Waals surface area contributed by atoms with Gasteiger partial charge in [0.05, 0.1) is 12.0 Å². The zero-order valence-electron chi connectivity index (χ0n) is 13.4. The molecule has 0 bridgehead atoms. The van der Waals surface area contributed by atoms with Crippen molar-refractivity contribution in [1.82, 2.24) is 5.48 Å². The van der Waals surface area contributed by atoms with E-state index in [1.165, 1.54) is 0 Å². The minimum absolute atomic E-state index is 0.0484. The van der Waals surface area contributed by atoms with E-state index < -0.39 is 5.41 Å². The Balaban J connectivity index is 1.79. The maximum atomic E-state index is 12.8. The largest absolute Gasteiger partial charge is 0.486 e. The van der Waals surface area contributed by atoms with Gasteiger partial charge in [0.1, 0.15) is 13.2 Å². The van der Waals surface area contributed by atoms with Crippen LogP contribution in [-0.4, -0.2) is 37.7 Å². The molecule has 1 aliphatic heterocycles. The second-order valence-corrected chi connectivity index (χ2v) is 6.91. The highest BCUT2D eigenvalue weighted by Crippen LogP contribution is 2.44. The number of rotatable bonds is 6. The van der Waals surface area contributed by atoms with Gasteiger partial charge in [0, 0.05) is 5.75 Å². The van der Waals surface area contributed by atoms with Gasteiger partial charge in [0.25, 0.3) is 5.91 Å². The SMILES string of the molecule is CSCCONC(=O)C1(c2ccc3c(c2)OCCO3)CCCC1. The Kier molecular flexibility index (Phi) is 5.33. The summed E-state index contributed by atoms with van der Waals surface area (Å²) in [6.45, 7) is 1.64. The molecular weight excluding hydrogens is 314 g/mol. The van der Waals surface area contributed by atoms with E-state index in [2.05, 4.69) is 5.48 Å². The zero-order valence-corrected chi connectivity index (χ0v) is 14.2. The molecule has 1 aromatic rings. The lowest BCUT2D eigenvalue weighted by Gasteiger charge is -2.29. The Morgan fingerprint density at radius 3 is 2.74 bits per heavy atom. The summed E-state index contributed by atoms with van der Waals surface area (Å²) < 4.78 is 11.2. The van der Waals surface area contributed by atoms with Gasteiger partial charge in [-0.1, -0.05) is 18.9 Å². The van der Waals surface area contributed by atoms with E-state index in [0.717, 1.165) is 48.5 Å². The highest BCUT2D eigenvalue weighted by Gasteiger charge is 2.43. The standard InChI is InChI=1S/C17H23NO4S/c1-23-11-10-22-18-16(19)17(6-2-3-7-17)13-4-5-14-15(12-13)21-9-8-20-14/h4-5,12H,2-3,6-11H2,1H3,(H,18,19). The maximum absolute atomic E-state index is 12.8. The molecule has 0 atom stereocenters. The van der Waals surface area contributed by atoms with Crippen LogP contribution in [0, 0.1) is 0 Å².